The molecule has 0 unspecified atom stereocenters. The number of fused-ring (bicyclic) bond motifs is 2. The third-order valence-electron chi connectivity index (χ3n) is 4.82. The lowest BCUT2D eigenvalue weighted by Crippen LogP contribution is -2.26. The van der Waals surface area contributed by atoms with Crippen molar-refractivity contribution in [1.29, 1.82) is 0 Å². The van der Waals surface area contributed by atoms with E-state index in [1.807, 2.05) is 44.2 Å². The van der Waals surface area contributed by atoms with Crippen LogP contribution in [0, 0.1) is 6.92 Å². The second-order valence-corrected chi connectivity index (χ2v) is 6.82. The fourth-order valence-corrected chi connectivity index (χ4v) is 3.45. The molecular weight excluding hydrogens is 356 g/mol. The Morgan fingerprint density at radius 1 is 1.18 bits per heavy atom. The average molecular weight is 378 g/mol. The molecule has 0 aliphatic rings. The van der Waals surface area contributed by atoms with Crippen molar-refractivity contribution in [2.75, 3.05) is 5.32 Å². The number of nitrogens with one attached hydrogen (secondary N) is 2. The van der Waals surface area contributed by atoms with Crippen LogP contribution in [0.3, 0.4) is 0 Å². The zero-order valence-electron chi connectivity index (χ0n) is 15.9. The quantitative estimate of drug-likeness (QED) is 0.539. The van der Waals surface area contributed by atoms with Gasteiger partial charge in [0.15, 0.2) is 5.65 Å². The van der Waals surface area contributed by atoms with Gasteiger partial charge in [-0.05, 0) is 31.5 Å². The van der Waals surface area contributed by atoms with Crippen molar-refractivity contribution in [2.45, 2.75) is 39.8 Å². The molecule has 28 heavy (non-hydrogen) atoms. The molecule has 0 saturated carbocycles. The van der Waals surface area contributed by atoms with E-state index >= 15 is 0 Å². The van der Waals surface area contributed by atoms with Crippen LogP contribution < -0.4 is 11.0 Å². The van der Waals surface area contributed by atoms with E-state index in [1.54, 1.807) is 15.3 Å². The molecule has 1 amide bonds. The molecule has 1 aromatic carbocycles. The number of aryl methyl sites for hydroxylation is 3. The zero-order chi connectivity index (χ0) is 19.7. The molecule has 144 valence electrons. The van der Waals surface area contributed by atoms with E-state index in [-0.39, 0.29) is 18.0 Å². The molecule has 0 spiro atoms. The normalized spacial score (nSPS) is 11.4. The predicted molar refractivity (Wildman–Crippen MR) is 108 cm³/mol. The summed E-state index contributed by atoms with van der Waals surface area (Å²) < 4.78 is 3.44. The van der Waals surface area contributed by atoms with Crippen molar-refractivity contribution in [3.8, 4) is 0 Å². The number of para-hydroxylation sites is 2. The smallest absolute Gasteiger partial charge is 0.325 e. The lowest BCUT2D eigenvalue weighted by Gasteiger charge is -2.06. The molecular formula is C20H22N6O2. The standard InChI is InChI=1S/C20H22N6O2/c1-3-9-25-16-6-4-5-7-17(16)26(20(25)28)10-8-18(27)22-14-11-15-13(2)23-24-19(15)21-12-14/h4-7,11-12H,3,8-10H2,1-2H3,(H,22,27)(H,21,23,24). The number of hydrogen-bond acceptors (Lipinski definition) is 4. The Hall–Kier alpha value is -3.42. The van der Waals surface area contributed by atoms with E-state index in [9.17, 15) is 9.59 Å². The number of nitrogens with zero attached hydrogens (tertiary/aromatic N) is 4. The first-order valence-corrected chi connectivity index (χ1v) is 9.37. The molecule has 3 aromatic heterocycles. The van der Waals surface area contributed by atoms with Crippen molar-refractivity contribution in [1.82, 2.24) is 24.3 Å². The molecule has 0 atom stereocenters. The summed E-state index contributed by atoms with van der Waals surface area (Å²) in [6.07, 6.45) is 2.65. The number of aromatic amines is 1. The summed E-state index contributed by atoms with van der Waals surface area (Å²) in [5.74, 6) is -0.165. The molecule has 3 heterocycles. The van der Waals surface area contributed by atoms with Gasteiger partial charge in [0, 0.05) is 30.6 Å². The number of rotatable bonds is 6. The fourth-order valence-electron chi connectivity index (χ4n) is 3.45. The fraction of sp³-hybridized carbons (Fsp3) is 0.300. The van der Waals surface area contributed by atoms with Crippen molar-refractivity contribution < 1.29 is 4.79 Å². The van der Waals surface area contributed by atoms with Crippen LogP contribution in [-0.2, 0) is 17.9 Å². The number of aromatic nitrogens is 5. The first-order chi connectivity index (χ1) is 13.6. The molecule has 0 saturated heterocycles. The number of imidazole rings is 1. The number of pyridine rings is 1. The van der Waals surface area contributed by atoms with Gasteiger partial charge >= 0.3 is 5.69 Å². The number of hydrogen-bond donors (Lipinski definition) is 2. The summed E-state index contributed by atoms with van der Waals surface area (Å²) in [4.78, 5) is 29.5. The summed E-state index contributed by atoms with van der Waals surface area (Å²) in [5, 5.41) is 10.7. The number of carbonyl (C=O) groups is 1. The van der Waals surface area contributed by atoms with Gasteiger partial charge in [-0.3, -0.25) is 19.0 Å². The molecule has 8 nitrogen and oxygen atoms in total. The van der Waals surface area contributed by atoms with Crippen LogP contribution in [0.2, 0.25) is 0 Å². The van der Waals surface area contributed by atoms with Crippen LogP contribution in [0.5, 0.6) is 0 Å². The Balaban J connectivity index is 1.52. The number of H-pyrrole nitrogens is 1. The first-order valence-electron chi connectivity index (χ1n) is 9.37. The lowest BCUT2D eigenvalue weighted by atomic mass is 10.2. The minimum absolute atomic E-state index is 0.0760. The molecule has 4 rings (SSSR count). The summed E-state index contributed by atoms with van der Waals surface area (Å²) >= 11 is 0. The Kier molecular flexibility index (Phi) is 4.68. The Labute approximate surface area is 161 Å². The van der Waals surface area contributed by atoms with Crippen LogP contribution in [0.25, 0.3) is 22.1 Å². The largest absolute Gasteiger partial charge is 0.329 e. The first kappa shape index (κ1) is 18.0. The number of benzene rings is 1. The summed E-state index contributed by atoms with van der Waals surface area (Å²) in [5.41, 5.74) is 3.81. The maximum atomic E-state index is 12.8. The van der Waals surface area contributed by atoms with E-state index in [0.29, 0.717) is 24.4 Å². The molecule has 8 heteroatoms. The molecule has 0 radical (unpaired) electrons. The van der Waals surface area contributed by atoms with Gasteiger partial charge in [-0.2, -0.15) is 5.10 Å². The van der Waals surface area contributed by atoms with Crippen molar-refractivity contribution >= 4 is 33.7 Å². The Bertz CT molecular complexity index is 1220. The van der Waals surface area contributed by atoms with Crippen molar-refractivity contribution in [3.05, 3.63) is 52.7 Å². The highest BCUT2D eigenvalue weighted by atomic mass is 16.2. The van der Waals surface area contributed by atoms with Crippen LogP contribution in [-0.4, -0.2) is 30.2 Å². The van der Waals surface area contributed by atoms with E-state index < -0.39 is 0 Å². The summed E-state index contributed by atoms with van der Waals surface area (Å²) in [6, 6.07) is 9.53. The summed E-state index contributed by atoms with van der Waals surface area (Å²) in [7, 11) is 0. The van der Waals surface area contributed by atoms with Gasteiger partial charge in [0.1, 0.15) is 0 Å². The SMILES string of the molecule is CCCn1c(=O)n(CCC(=O)Nc2cnc3n[nH]c(C)c3c2)c2ccccc21. The number of amides is 1. The van der Waals surface area contributed by atoms with E-state index in [2.05, 4.69) is 20.5 Å². The maximum Gasteiger partial charge on any atom is 0.329 e. The van der Waals surface area contributed by atoms with Crippen LogP contribution in [0.1, 0.15) is 25.5 Å². The van der Waals surface area contributed by atoms with Gasteiger partial charge in [0.05, 0.1) is 22.9 Å². The molecule has 0 bridgehead atoms. The average Bonchev–Trinajstić information content (AvgIpc) is 3.19. The van der Waals surface area contributed by atoms with Gasteiger partial charge in [-0.15, -0.1) is 0 Å². The second kappa shape index (κ2) is 7.30. The maximum absolute atomic E-state index is 12.8. The van der Waals surface area contributed by atoms with E-state index in [0.717, 1.165) is 28.5 Å². The number of carbonyl (C=O) groups excluding carboxylic acids is 1. The molecule has 4 aromatic rings. The third-order valence-corrected chi connectivity index (χ3v) is 4.82. The van der Waals surface area contributed by atoms with Gasteiger partial charge in [0.2, 0.25) is 5.91 Å². The predicted octanol–water partition coefficient (Wildman–Crippen LogP) is 2.82. The van der Waals surface area contributed by atoms with Crippen LogP contribution in [0.15, 0.2) is 41.3 Å². The highest BCUT2D eigenvalue weighted by Crippen LogP contribution is 2.18. The molecule has 0 fully saturated rings. The molecule has 2 N–H and O–H groups in total. The lowest BCUT2D eigenvalue weighted by molar-refractivity contribution is -0.116. The van der Waals surface area contributed by atoms with Crippen molar-refractivity contribution in [2.24, 2.45) is 0 Å². The molecule has 0 aliphatic carbocycles. The highest BCUT2D eigenvalue weighted by molar-refractivity contribution is 5.93. The van der Waals surface area contributed by atoms with Gasteiger partial charge in [-0.1, -0.05) is 19.1 Å². The minimum atomic E-state index is -0.165. The Morgan fingerprint density at radius 2 is 1.89 bits per heavy atom. The van der Waals surface area contributed by atoms with E-state index in [1.165, 1.54) is 0 Å². The third kappa shape index (κ3) is 3.17. The highest BCUT2D eigenvalue weighted by Gasteiger charge is 2.14. The Morgan fingerprint density at radius 3 is 2.61 bits per heavy atom. The zero-order valence-corrected chi connectivity index (χ0v) is 15.9. The monoisotopic (exact) mass is 378 g/mol. The van der Waals surface area contributed by atoms with Gasteiger partial charge in [0.25, 0.3) is 0 Å². The number of anilines is 1. The summed E-state index contributed by atoms with van der Waals surface area (Å²) in [6.45, 7) is 4.93. The van der Waals surface area contributed by atoms with Gasteiger partial charge in [-0.25, -0.2) is 9.78 Å². The topological polar surface area (TPSA) is 97.6 Å². The van der Waals surface area contributed by atoms with Gasteiger partial charge < -0.3 is 5.32 Å². The van der Waals surface area contributed by atoms with Crippen molar-refractivity contribution in [3.63, 3.8) is 0 Å². The minimum Gasteiger partial charge on any atom is -0.325 e. The second-order valence-electron chi connectivity index (χ2n) is 6.82. The molecule has 0 aliphatic heterocycles. The van der Waals surface area contributed by atoms with Crippen LogP contribution >= 0.6 is 0 Å². The van der Waals surface area contributed by atoms with E-state index in [4.69, 9.17) is 0 Å². The van der Waals surface area contributed by atoms with Crippen LogP contribution in [0.4, 0.5) is 5.69 Å².